The molecular weight excluding hydrogens is 510 g/mol. The zero-order valence-electron chi connectivity index (χ0n) is 23.5. The lowest BCUT2D eigenvalue weighted by Crippen LogP contribution is -2.39. The Morgan fingerprint density at radius 3 is 2.17 bits per heavy atom. The van der Waals surface area contributed by atoms with Crippen molar-refractivity contribution >= 4 is 16.8 Å². The summed E-state index contributed by atoms with van der Waals surface area (Å²) in [5.41, 5.74) is 1.27. The fraction of sp³-hybridized carbons (Fsp3) is 0.323. The third-order valence-corrected chi connectivity index (χ3v) is 6.84. The number of para-hydroxylation sites is 1. The predicted octanol–water partition coefficient (Wildman–Crippen LogP) is 5.04. The van der Waals surface area contributed by atoms with Crippen LogP contribution < -0.4 is 19.8 Å². The molecule has 3 aromatic carbocycles. The van der Waals surface area contributed by atoms with E-state index in [1.54, 1.807) is 60.1 Å². The molecule has 1 aromatic heterocycles. The van der Waals surface area contributed by atoms with Gasteiger partial charge in [0, 0.05) is 20.3 Å². The molecule has 9 heteroatoms. The van der Waals surface area contributed by atoms with Crippen LogP contribution in [-0.2, 0) is 4.74 Å². The molecule has 0 radical (unpaired) electrons. The molecule has 9 nitrogen and oxygen atoms in total. The molecule has 0 N–H and O–H groups in total. The van der Waals surface area contributed by atoms with Gasteiger partial charge in [-0.05, 0) is 61.4 Å². The molecule has 0 bridgehead atoms. The molecule has 0 saturated carbocycles. The molecule has 1 unspecified atom stereocenters. The van der Waals surface area contributed by atoms with E-state index in [4.69, 9.17) is 23.9 Å². The number of hydrogen-bond acceptors (Lipinski definition) is 7. The molecule has 0 aliphatic carbocycles. The van der Waals surface area contributed by atoms with E-state index in [1.807, 2.05) is 37.3 Å². The number of carbonyl (C=O) groups is 1. The summed E-state index contributed by atoms with van der Waals surface area (Å²) >= 11 is 0. The van der Waals surface area contributed by atoms with Crippen LogP contribution in [0.3, 0.4) is 0 Å². The molecule has 1 atom stereocenters. The average molecular weight is 546 g/mol. The number of aromatic nitrogens is 2. The SMILES string of the molecule is CCC(c1nc2ccccc2c(=O)n1-c1ccc(OC)cc1)N(CCCOC)C(=O)c1c(OC)cccc1OC. The van der Waals surface area contributed by atoms with Gasteiger partial charge in [-0.15, -0.1) is 0 Å². The van der Waals surface area contributed by atoms with Gasteiger partial charge in [-0.25, -0.2) is 4.98 Å². The second-order valence-corrected chi connectivity index (χ2v) is 9.13. The number of fused-ring (bicyclic) bond motifs is 1. The molecule has 4 rings (SSSR count). The van der Waals surface area contributed by atoms with Gasteiger partial charge in [0.1, 0.15) is 28.6 Å². The zero-order valence-corrected chi connectivity index (χ0v) is 23.5. The summed E-state index contributed by atoms with van der Waals surface area (Å²) in [6, 6.07) is 19.1. The van der Waals surface area contributed by atoms with Crippen molar-refractivity contribution in [3.8, 4) is 22.9 Å². The number of nitrogens with zero attached hydrogens (tertiary/aromatic N) is 3. The van der Waals surface area contributed by atoms with Crippen molar-refractivity contribution in [2.24, 2.45) is 0 Å². The summed E-state index contributed by atoms with van der Waals surface area (Å²) < 4.78 is 23.3. The van der Waals surface area contributed by atoms with Crippen LogP contribution in [-0.4, -0.2) is 61.9 Å². The minimum Gasteiger partial charge on any atom is -0.497 e. The second-order valence-electron chi connectivity index (χ2n) is 9.13. The van der Waals surface area contributed by atoms with Gasteiger partial charge in [-0.1, -0.05) is 25.1 Å². The van der Waals surface area contributed by atoms with Gasteiger partial charge in [-0.3, -0.25) is 14.2 Å². The lowest BCUT2D eigenvalue weighted by Gasteiger charge is -2.33. The number of carbonyl (C=O) groups excluding carboxylic acids is 1. The Kier molecular flexibility index (Phi) is 9.39. The molecule has 0 spiro atoms. The van der Waals surface area contributed by atoms with Crippen LogP contribution in [0.4, 0.5) is 0 Å². The predicted molar refractivity (Wildman–Crippen MR) is 154 cm³/mol. The van der Waals surface area contributed by atoms with Crippen molar-refractivity contribution < 1.29 is 23.7 Å². The summed E-state index contributed by atoms with van der Waals surface area (Å²) in [5, 5.41) is 0.487. The number of benzene rings is 3. The maximum Gasteiger partial charge on any atom is 0.266 e. The lowest BCUT2D eigenvalue weighted by atomic mass is 10.1. The number of ether oxygens (including phenoxy) is 4. The molecule has 0 aliphatic rings. The minimum atomic E-state index is -0.557. The number of methoxy groups -OCH3 is 4. The first kappa shape index (κ1) is 28.6. The van der Waals surface area contributed by atoms with Gasteiger partial charge in [0.05, 0.1) is 44.0 Å². The van der Waals surface area contributed by atoms with Gasteiger partial charge in [0.2, 0.25) is 0 Å². The van der Waals surface area contributed by atoms with E-state index in [-0.39, 0.29) is 11.5 Å². The van der Waals surface area contributed by atoms with Gasteiger partial charge < -0.3 is 23.8 Å². The molecule has 0 saturated heterocycles. The molecule has 210 valence electrons. The highest BCUT2D eigenvalue weighted by atomic mass is 16.5. The van der Waals surface area contributed by atoms with E-state index in [9.17, 15) is 9.59 Å². The summed E-state index contributed by atoms with van der Waals surface area (Å²) in [5.74, 6) is 1.63. The zero-order chi connectivity index (χ0) is 28.6. The third-order valence-electron chi connectivity index (χ3n) is 6.84. The molecule has 4 aromatic rings. The Labute approximate surface area is 233 Å². The minimum absolute atomic E-state index is 0.219. The molecule has 1 amide bonds. The highest BCUT2D eigenvalue weighted by Crippen LogP contribution is 2.34. The Bertz CT molecular complexity index is 1490. The lowest BCUT2D eigenvalue weighted by molar-refractivity contribution is 0.0627. The first-order valence-electron chi connectivity index (χ1n) is 13.2. The molecule has 0 aliphatic heterocycles. The largest absolute Gasteiger partial charge is 0.497 e. The summed E-state index contributed by atoms with van der Waals surface area (Å²) in [6.45, 7) is 2.79. The molecule has 0 fully saturated rings. The van der Waals surface area contributed by atoms with E-state index in [1.165, 1.54) is 14.2 Å². The number of hydrogen-bond donors (Lipinski definition) is 0. The number of amides is 1. The smallest absolute Gasteiger partial charge is 0.266 e. The van der Waals surface area contributed by atoms with Crippen LogP contribution in [0.15, 0.2) is 71.5 Å². The van der Waals surface area contributed by atoms with Crippen molar-refractivity contribution in [1.29, 1.82) is 0 Å². The highest BCUT2D eigenvalue weighted by molar-refractivity contribution is 6.00. The Balaban J connectivity index is 1.95. The van der Waals surface area contributed by atoms with Crippen LogP contribution in [0.1, 0.15) is 42.0 Å². The second kappa shape index (κ2) is 13.1. The van der Waals surface area contributed by atoms with Crippen LogP contribution in [0.5, 0.6) is 17.2 Å². The van der Waals surface area contributed by atoms with Crippen molar-refractivity contribution in [3.05, 3.63) is 88.5 Å². The fourth-order valence-corrected chi connectivity index (χ4v) is 4.88. The quantitative estimate of drug-likeness (QED) is 0.230. The van der Waals surface area contributed by atoms with E-state index in [2.05, 4.69) is 0 Å². The van der Waals surface area contributed by atoms with Crippen LogP contribution >= 0.6 is 0 Å². The van der Waals surface area contributed by atoms with Crippen LogP contribution in [0, 0.1) is 0 Å². The van der Waals surface area contributed by atoms with E-state index in [0.29, 0.717) is 71.2 Å². The number of rotatable bonds is 12. The van der Waals surface area contributed by atoms with Gasteiger partial charge in [-0.2, -0.15) is 0 Å². The van der Waals surface area contributed by atoms with Crippen molar-refractivity contribution in [2.45, 2.75) is 25.8 Å². The fourth-order valence-electron chi connectivity index (χ4n) is 4.88. The summed E-state index contributed by atoms with van der Waals surface area (Å²) in [6.07, 6.45) is 1.08. The van der Waals surface area contributed by atoms with Gasteiger partial charge in [0.15, 0.2) is 0 Å². The van der Waals surface area contributed by atoms with Crippen molar-refractivity contribution in [3.63, 3.8) is 0 Å². The van der Waals surface area contributed by atoms with Gasteiger partial charge >= 0.3 is 0 Å². The molecule has 40 heavy (non-hydrogen) atoms. The van der Waals surface area contributed by atoms with E-state index >= 15 is 0 Å². The normalized spacial score (nSPS) is 11.7. The first-order chi connectivity index (χ1) is 19.5. The maximum atomic E-state index is 14.3. The van der Waals surface area contributed by atoms with E-state index < -0.39 is 6.04 Å². The van der Waals surface area contributed by atoms with Crippen LogP contribution in [0.25, 0.3) is 16.6 Å². The topological polar surface area (TPSA) is 92.1 Å². The van der Waals surface area contributed by atoms with Crippen LogP contribution in [0.2, 0.25) is 0 Å². The summed E-state index contributed by atoms with van der Waals surface area (Å²) in [4.78, 5) is 35.0. The van der Waals surface area contributed by atoms with Gasteiger partial charge in [0.25, 0.3) is 11.5 Å². The Hall–Kier alpha value is -4.37. The monoisotopic (exact) mass is 545 g/mol. The standard InChI is InChI=1S/C31H35N3O6/c1-6-25(33(19-10-20-37-2)31(36)28-26(39-4)13-9-14-27(28)40-5)29-32-24-12-8-7-11-23(24)30(35)34(29)21-15-17-22(38-3)18-16-21/h7-9,11-18,25H,6,10,19-20H2,1-5H3. The maximum absolute atomic E-state index is 14.3. The van der Waals surface area contributed by atoms with Crippen molar-refractivity contribution in [1.82, 2.24) is 14.5 Å². The summed E-state index contributed by atoms with van der Waals surface area (Å²) in [7, 11) is 6.25. The van der Waals surface area contributed by atoms with E-state index in [0.717, 1.165) is 0 Å². The van der Waals surface area contributed by atoms with Crippen molar-refractivity contribution in [2.75, 3.05) is 41.6 Å². The Morgan fingerprint density at radius 2 is 1.57 bits per heavy atom. The Morgan fingerprint density at radius 1 is 0.900 bits per heavy atom. The molecular formula is C31H35N3O6. The molecule has 1 heterocycles. The average Bonchev–Trinajstić information content (AvgIpc) is 3.00. The highest BCUT2D eigenvalue weighted by Gasteiger charge is 2.32. The first-order valence-corrected chi connectivity index (χ1v) is 13.2. The third kappa shape index (κ3) is 5.65.